The smallest absolute Gasteiger partial charge is 0.325 e. The van der Waals surface area contributed by atoms with Crippen LogP contribution in [-0.2, 0) is 17.5 Å². The molecule has 0 saturated heterocycles. The molecule has 0 aliphatic rings. The van der Waals surface area contributed by atoms with Crippen molar-refractivity contribution in [3.63, 3.8) is 0 Å². The summed E-state index contributed by atoms with van der Waals surface area (Å²) in [6, 6.07) is 8.34. The minimum atomic E-state index is -4.46. The molecule has 1 amide bonds. The maximum atomic E-state index is 12.8. The van der Waals surface area contributed by atoms with Crippen molar-refractivity contribution in [1.82, 2.24) is 14.8 Å². The number of carbonyl (C=O) groups excluding carboxylic acids is 1. The quantitative estimate of drug-likeness (QED) is 0.431. The van der Waals surface area contributed by atoms with Gasteiger partial charge in [0.05, 0.1) is 16.2 Å². The molecule has 0 atom stereocenters. The van der Waals surface area contributed by atoms with E-state index in [1.54, 1.807) is 6.08 Å². The topological polar surface area (TPSA) is 59.8 Å². The molecule has 0 spiro atoms. The zero-order valence-electron chi connectivity index (χ0n) is 14.4. The van der Waals surface area contributed by atoms with Gasteiger partial charge in [0, 0.05) is 12.2 Å². The predicted molar refractivity (Wildman–Crippen MR) is 104 cm³/mol. The minimum absolute atomic E-state index is 0.0179. The lowest BCUT2D eigenvalue weighted by molar-refractivity contribution is -0.137. The van der Waals surface area contributed by atoms with E-state index in [0.29, 0.717) is 17.5 Å². The van der Waals surface area contributed by atoms with Crippen LogP contribution in [0.3, 0.4) is 0 Å². The highest BCUT2D eigenvalue weighted by Gasteiger charge is 2.30. The number of halogens is 3. The number of hydrogen-bond acceptors (Lipinski definition) is 5. The molecular weight excluding hydrogens is 409 g/mol. The Hall–Kier alpha value is -2.59. The number of thiophene rings is 1. The van der Waals surface area contributed by atoms with E-state index in [4.69, 9.17) is 0 Å². The van der Waals surface area contributed by atoms with Gasteiger partial charge in [-0.25, -0.2) is 0 Å². The summed E-state index contributed by atoms with van der Waals surface area (Å²) in [5, 5.41) is 13.2. The summed E-state index contributed by atoms with van der Waals surface area (Å²) >= 11 is 2.67. The van der Waals surface area contributed by atoms with Crippen LogP contribution in [0.15, 0.2) is 59.6 Å². The van der Waals surface area contributed by atoms with Gasteiger partial charge in [-0.1, -0.05) is 30.0 Å². The van der Waals surface area contributed by atoms with Gasteiger partial charge in [-0.15, -0.1) is 28.1 Å². The first-order chi connectivity index (χ1) is 13.4. The number of hydrogen-bond donors (Lipinski definition) is 1. The Balaban J connectivity index is 1.67. The lowest BCUT2D eigenvalue weighted by Gasteiger charge is -2.10. The Kier molecular flexibility index (Phi) is 6.20. The molecule has 10 heteroatoms. The predicted octanol–water partition coefficient (Wildman–Crippen LogP) is 4.94. The van der Waals surface area contributed by atoms with Crippen LogP contribution in [0.25, 0.3) is 10.7 Å². The molecule has 0 fully saturated rings. The summed E-state index contributed by atoms with van der Waals surface area (Å²) in [6.45, 7) is 4.19. The van der Waals surface area contributed by atoms with Gasteiger partial charge in [-0.3, -0.25) is 9.36 Å². The number of aromatic nitrogens is 3. The summed E-state index contributed by atoms with van der Waals surface area (Å²) in [4.78, 5) is 13.1. The summed E-state index contributed by atoms with van der Waals surface area (Å²) in [5.41, 5.74) is -0.725. The highest BCUT2D eigenvalue weighted by molar-refractivity contribution is 7.99. The number of nitrogens with one attached hydrogen (secondary N) is 1. The van der Waals surface area contributed by atoms with Crippen LogP contribution in [0.5, 0.6) is 0 Å². The van der Waals surface area contributed by atoms with Crippen LogP contribution < -0.4 is 5.32 Å². The van der Waals surface area contributed by atoms with Gasteiger partial charge in [0.1, 0.15) is 0 Å². The third-order valence-corrected chi connectivity index (χ3v) is 5.41. The van der Waals surface area contributed by atoms with E-state index in [2.05, 4.69) is 22.1 Å². The molecule has 1 aromatic carbocycles. The average molecular weight is 424 g/mol. The van der Waals surface area contributed by atoms with E-state index in [1.807, 2.05) is 22.1 Å². The summed E-state index contributed by atoms with van der Waals surface area (Å²) in [6.07, 6.45) is -2.76. The van der Waals surface area contributed by atoms with Crippen molar-refractivity contribution < 1.29 is 18.0 Å². The molecule has 0 aliphatic carbocycles. The highest BCUT2D eigenvalue weighted by Crippen LogP contribution is 2.31. The van der Waals surface area contributed by atoms with Gasteiger partial charge in [-0.2, -0.15) is 13.2 Å². The monoisotopic (exact) mass is 424 g/mol. The molecule has 5 nitrogen and oxygen atoms in total. The second kappa shape index (κ2) is 8.61. The number of anilines is 1. The van der Waals surface area contributed by atoms with Crippen molar-refractivity contribution in [2.24, 2.45) is 0 Å². The van der Waals surface area contributed by atoms with Crippen molar-refractivity contribution in [2.75, 3.05) is 11.1 Å². The number of thioether (sulfide) groups is 1. The number of benzene rings is 1. The third-order valence-electron chi connectivity index (χ3n) is 3.58. The number of carbonyl (C=O) groups is 1. The third kappa shape index (κ3) is 4.82. The van der Waals surface area contributed by atoms with Crippen LogP contribution in [0.4, 0.5) is 18.9 Å². The Morgan fingerprint density at radius 1 is 1.29 bits per heavy atom. The molecule has 146 valence electrons. The summed E-state index contributed by atoms with van der Waals surface area (Å²) < 4.78 is 40.1. The molecular formula is C18H15F3N4OS2. The lowest BCUT2D eigenvalue weighted by atomic mass is 10.2. The fraction of sp³-hybridized carbons (Fsp3) is 0.167. The normalized spacial score (nSPS) is 11.4. The van der Waals surface area contributed by atoms with E-state index in [0.717, 1.165) is 28.8 Å². The maximum Gasteiger partial charge on any atom is 0.416 e. The van der Waals surface area contributed by atoms with Crippen molar-refractivity contribution >= 4 is 34.7 Å². The first-order valence-corrected chi connectivity index (χ1v) is 9.93. The number of nitrogens with zero attached hydrogens (tertiary/aromatic N) is 3. The molecule has 2 heterocycles. The van der Waals surface area contributed by atoms with Gasteiger partial charge in [-0.05, 0) is 29.6 Å². The number of rotatable bonds is 7. The number of allylic oxidation sites excluding steroid dienone is 1. The molecule has 1 N–H and O–H groups in total. The number of amides is 1. The Morgan fingerprint density at radius 2 is 2.11 bits per heavy atom. The molecule has 0 bridgehead atoms. The first kappa shape index (κ1) is 20.2. The van der Waals surface area contributed by atoms with Gasteiger partial charge in [0.15, 0.2) is 11.0 Å². The summed E-state index contributed by atoms with van der Waals surface area (Å²) in [5.74, 6) is 0.224. The average Bonchev–Trinajstić information content (AvgIpc) is 3.29. The second-order valence-electron chi connectivity index (χ2n) is 5.60. The fourth-order valence-corrected chi connectivity index (χ4v) is 3.84. The molecule has 0 unspecified atom stereocenters. The van der Waals surface area contributed by atoms with Crippen LogP contribution in [0, 0.1) is 0 Å². The van der Waals surface area contributed by atoms with E-state index >= 15 is 0 Å². The summed E-state index contributed by atoms with van der Waals surface area (Å²) in [7, 11) is 0. The largest absolute Gasteiger partial charge is 0.416 e. The SMILES string of the molecule is C=CCn1c(SCC(=O)Nc2cccc(C(F)(F)F)c2)nnc1-c1cccs1. The minimum Gasteiger partial charge on any atom is -0.325 e. The van der Waals surface area contributed by atoms with Crippen molar-refractivity contribution in [3.05, 3.63) is 60.0 Å². The Morgan fingerprint density at radius 3 is 2.79 bits per heavy atom. The number of alkyl halides is 3. The van der Waals surface area contributed by atoms with E-state index < -0.39 is 17.6 Å². The molecule has 3 aromatic rings. The van der Waals surface area contributed by atoms with Crippen LogP contribution in [0.1, 0.15) is 5.56 Å². The van der Waals surface area contributed by atoms with E-state index in [9.17, 15) is 18.0 Å². The highest BCUT2D eigenvalue weighted by atomic mass is 32.2. The molecule has 28 heavy (non-hydrogen) atoms. The van der Waals surface area contributed by atoms with Gasteiger partial charge >= 0.3 is 6.18 Å². The van der Waals surface area contributed by atoms with Crippen LogP contribution >= 0.6 is 23.1 Å². The second-order valence-corrected chi connectivity index (χ2v) is 7.49. The molecule has 2 aromatic heterocycles. The van der Waals surface area contributed by atoms with Gasteiger partial charge in [0.25, 0.3) is 0 Å². The van der Waals surface area contributed by atoms with Crippen LogP contribution in [0.2, 0.25) is 0 Å². The van der Waals surface area contributed by atoms with E-state index in [1.165, 1.54) is 23.5 Å². The van der Waals surface area contributed by atoms with E-state index in [-0.39, 0.29) is 11.4 Å². The fourth-order valence-electron chi connectivity index (χ4n) is 2.38. The standard InChI is InChI=1S/C18H15F3N4OS2/c1-2-8-25-16(14-7-4-9-27-14)23-24-17(25)28-11-15(26)22-13-6-3-5-12(10-13)18(19,20)21/h2-7,9-10H,1,8,11H2,(H,22,26). The molecule has 0 saturated carbocycles. The Bertz CT molecular complexity index is 968. The van der Waals surface area contributed by atoms with Crippen molar-refractivity contribution in [1.29, 1.82) is 0 Å². The van der Waals surface area contributed by atoms with Gasteiger partial charge in [0.2, 0.25) is 5.91 Å². The van der Waals surface area contributed by atoms with Crippen molar-refractivity contribution in [2.45, 2.75) is 17.9 Å². The molecule has 0 radical (unpaired) electrons. The van der Waals surface area contributed by atoms with Crippen molar-refractivity contribution in [3.8, 4) is 10.7 Å². The van der Waals surface area contributed by atoms with Gasteiger partial charge < -0.3 is 5.32 Å². The lowest BCUT2D eigenvalue weighted by Crippen LogP contribution is -2.15. The zero-order chi connectivity index (χ0) is 20.1. The molecule has 3 rings (SSSR count). The Labute approximate surface area is 167 Å². The van der Waals surface area contributed by atoms with Crippen LogP contribution in [-0.4, -0.2) is 26.4 Å². The maximum absolute atomic E-state index is 12.8. The molecule has 0 aliphatic heterocycles. The first-order valence-electron chi connectivity index (χ1n) is 8.06. The zero-order valence-corrected chi connectivity index (χ0v) is 16.1.